The van der Waals surface area contributed by atoms with E-state index in [1.165, 1.54) is 5.56 Å². The second kappa shape index (κ2) is 11.9. The molecule has 160 valence electrons. The number of hydrogen-bond donors (Lipinski definition) is 2. The summed E-state index contributed by atoms with van der Waals surface area (Å²) in [7, 11) is 1.95. The largest absolute Gasteiger partial charge is 0.356 e. The summed E-state index contributed by atoms with van der Waals surface area (Å²) in [6.45, 7) is 5.21. The van der Waals surface area contributed by atoms with Crippen molar-refractivity contribution in [3.8, 4) is 0 Å². The first-order valence-corrected chi connectivity index (χ1v) is 10.1. The topological polar surface area (TPSA) is 67.1 Å². The standard InChI is InChI=1S/C22H27ClN6.HI/c1-16(18-9-5-4-6-10-18)26-22(25-15-21-28-27-17(2)29(21)3)24-14-13-19-11-7-8-12-20(19)23;/h4-12,16H,13-15H2,1-3H3,(H2,24,25,26);1H. The molecule has 2 aromatic carbocycles. The molecule has 1 heterocycles. The lowest BCUT2D eigenvalue weighted by Crippen LogP contribution is -2.39. The summed E-state index contributed by atoms with van der Waals surface area (Å²) >= 11 is 6.27. The Balaban J connectivity index is 0.00000320. The Hall–Kier alpha value is -2.13. The van der Waals surface area contributed by atoms with Gasteiger partial charge in [0.05, 0.1) is 6.04 Å². The van der Waals surface area contributed by atoms with E-state index in [0.29, 0.717) is 6.54 Å². The zero-order chi connectivity index (χ0) is 20.6. The molecule has 0 saturated heterocycles. The van der Waals surface area contributed by atoms with Crippen LogP contribution in [0.2, 0.25) is 5.02 Å². The van der Waals surface area contributed by atoms with Crippen molar-refractivity contribution in [1.29, 1.82) is 0 Å². The molecular weight excluding hydrogens is 511 g/mol. The molecule has 1 unspecified atom stereocenters. The van der Waals surface area contributed by atoms with Crippen LogP contribution >= 0.6 is 35.6 Å². The van der Waals surface area contributed by atoms with Crippen LogP contribution in [0.1, 0.15) is 35.7 Å². The lowest BCUT2D eigenvalue weighted by molar-refractivity contribution is 0.675. The van der Waals surface area contributed by atoms with Gasteiger partial charge in [-0.1, -0.05) is 60.1 Å². The molecule has 30 heavy (non-hydrogen) atoms. The van der Waals surface area contributed by atoms with Crippen molar-refractivity contribution in [3.05, 3.63) is 82.4 Å². The summed E-state index contributed by atoms with van der Waals surface area (Å²) in [6.07, 6.45) is 0.809. The van der Waals surface area contributed by atoms with Gasteiger partial charge in [-0.2, -0.15) is 0 Å². The number of rotatable bonds is 7. The average Bonchev–Trinajstić information content (AvgIpc) is 3.06. The second-order valence-corrected chi connectivity index (χ2v) is 7.34. The smallest absolute Gasteiger partial charge is 0.192 e. The molecule has 8 heteroatoms. The van der Waals surface area contributed by atoms with Gasteiger partial charge in [-0.15, -0.1) is 34.2 Å². The maximum absolute atomic E-state index is 6.27. The number of aliphatic imine (C=N–C) groups is 1. The Morgan fingerprint density at radius 1 is 1.10 bits per heavy atom. The third kappa shape index (κ3) is 6.70. The van der Waals surface area contributed by atoms with Crippen molar-refractivity contribution in [2.24, 2.45) is 12.0 Å². The fourth-order valence-electron chi connectivity index (χ4n) is 2.94. The predicted molar refractivity (Wildman–Crippen MR) is 133 cm³/mol. The van der Waals surface area contributed by atoms with Gasteiger partial charge in [0.15, 0.2) is 11.8 Å². The average molecular weight is 539 g/mol. The van der Waals surface area contributed by atoms with Gasteiger partial charge in [0, 0.05) is 18.6 Å². The molecule has 3 aromatic rings. The first kappa shape index (κ1) is 24.1. The fourth-order valence-corrected chi connectivity index (χ4v) is 3.17. The van der Waals surface area contributed by atoms with Crippen LogP contribution in [0.5, 0.6) is 0 Å². The van der Waals surface area contributed by atoms with E-state index in [1.807, 2.05) is 61.0 Å². The molecule has 0 spiro atoms. The van der Waals surface area contributed by atoms with Crippen molar-refractivity contribution in [1.82, 2.24) is 25.4 Å². The van der Waals surface area contributed by atoms with Crippen LogP contribution in [-0.2, 0) is 20.0 Å². The van der Waals surface area contributed by atoms with Crippen molar-refractivity contribution in [2.75, 3.05) is 6.54 Å². The number of aromatic nitrogens is 3. The molecule has 0 aliphatic carbocycles. The zero-order valence-electron chi connectivity index (χ0n) is 17.5. The number of nitrogens with one attached hydrogen (secondary N) is 2. The minimum absolute atomic E-state index is 0. The van der Waals surface area contributed by atoms with Crippen molar-refractivity contribution < 1.29 is 0 Å². The summed E-state index contributed by atoms with van der Waals surface area (Å²) in [6, 6.07) is 18.3. The Labute approximate surface area is 200 Å². The van der Waals surface area contributed by atoms with E-state index < -0.39 is 0 Å². The minimum atomic E-state index is 0. The second-order valence-electron chi connectivity index (χ2n) is 6.93. The van der Waals surface area contributed by atoms with E-state index in [4.69, 9.17) is 16.6 Å². The van der Waals surface area contributed by atoms with E-state index in [9.17, 15) is 0 Å². The molecule has 6 nitrogen and oxygen atoms in total. The van der Waals surface area contributed by atoms with Gasteiger partial charge < -0.3 is 15.2 Å². The van der Waals surface area contributed by atoms with E-state index >= 15 is 0 Å². The summed E-state index contributed by atoms with van der Waals surface area (Å²) in [5.41, 5.74) is 2.31. The number of hydrogen-bond acceptors (Lipinski definition) is 3. The lowest BCUT2D eigenvalue weighted by atomic mass is 10.1. The third-order valence-corrected chi connectivity index (χ3v) is 5.23. The van der Waals surface area contributed by atoms with Crippen molar-refractivity contribution >= 4 is 41.5 Å². The highest BCUT2D eigenvalue weighted by Gasteiger charge is 2.10. The highest BCUT2D eigenvalue weighted by Crippen LogP contribution is 2.15. The monoisotopic (exact) mass is 538 g/mol. The van der Waals surface area contributed by atoms with E-state index in [1.54, 1.807) is 0 Å². The van der Waals surface area contributed by atoms with Crippen LogP contribution in [0.25, 0.3) is 0 Å². The number of nitrogens with zero attached hydrogens (tertiary/aromatic N) is 4. The molecule has 0 amide bonds. The van der Waals surface area contributed by atoms with Gasteiger partial charge >= 0.3 is 0 Å². The number of benzene rings is 2. The molecular formula is C22H28ClIN6. The van der Waals surface area contributed by atoms with Crippen LogP contribution < -0.4 is 10.6 Å². The Morgan fingerprint density at radius 2 is 1.80 bits per heavy atom. The van der Waals surface area contributed by atoms with Crippen LogP contribution in [0.15, 0.2) is 59.6 Å². The maximum Gasteiger partial charge on any atom is 0.192 e. The Bertz CT molecular complexity index is 957. The van der Waals surface area contributed by atoms with Crippen molar-refractivity contribution in [3.63, 3.8) is 0 Å². The molecule has 2 N–H and O–H groups in total. The van der Waals surface area contributed by atoms with Gasteiger partial charge in [-0.25, -0.2) is 4.99 Å². The van der Waals surface area contributed by atoms with Crippen LogP contribution in [0.4, 0.5) is 0 Å². The van der Waals surface area contributed by atoms with Gasteiger partial charge in [-0.3, -0.25) is 0 Å². The van der Waals surface area contributed by atoms with Crippen LogP contribution in [-0.4, -0.2) is 27.3 Å². The SMILES string of the molecule is Cc1nnc(CN=C(NCCc2ccccc2Cl)NC(C)c2ccccc2)n1C.I. The summed E-state index contributed by atoms with van der Waals surface area (Å²) in [5.74, 6) is 2.42. The van der Waals surface area contributed by atoms with Gasteiger partial charge in [-0.05, 0) is 37.5 Å². The summed E-state index contributed by atoms with van der Waals surface area (Å²) in [4.78, 5) is 4.73. The van der Waals surface area contributed by atoms with Crippen LogP contribution in [0.3, 0.4) is 0 Å². The molecule has 0 aliphatic rings. The van der Waals surface area contributed by atoms with Gasteiger partial charge in [0.25, 0.3) is 0 Å². The molecule has 0 bridgehead atoms. The fraction of sp³-hybridized carbons (Fsp3) is 0.318. The van der Waals surface area contributed by atoms with E-state index in [2.05, 4.69) is 39.9 Å². The molecule has 0 fully saturated rings. The summed E-state index contributed by atoms with van der Waals surface area (Å²) < 4.78 is 1.95. The number of guanidine groups is 1. The quantitative estimate of drug-likeness (QED) is 0.265. The summed E-state index contributed by atoms with van der Waals surface area (Å²) in [5, 5.41) is 16.0. The van der Waals surface area contributed by atoms with Gasteiger partial charge in [0.2, 0.25) is 0 Å². The Morgan fingerprint density at radius 3 is 2.47 bits per heavy atom. The molecule has 3 rings (SSSR count). The molecule has 0 aliphatic heterocycles. The number of halogens is 2. The Kier molecular flexibility index (Phi) is 9.58. The highest BCUT2D eigenvalue weighted by molar-refractivity contribution is 14.0. The normalized spacial score (nSPS) is 12.2. The number of aryl methyl sites for hydroxylation is 1. The molecule has 0 saturated carbocycles. The third-order valence-electron chi connectivity index (χ3n) is 4.86. The predicted octanol–water partition coefficient (Wildman–Crippen LogP) is 4.43. The van der Waals surface area contributed by atoms with Gasteiger partial charge in [0.1, 0.15) is 12.4 Å². The zero-order valence-corrected chi connectivity index (χ0v) is 20.6. The molecule has 0 radical (unpaired) electrons. The lowest BCUT2D eigenvalue weighted by Gasteiger charge is -2.19. The first-order chi connectivity index (χ1) is 14.0. The highest BCUT2D eigenvalue weighted by atomic mass is 127. The van der Waals surface area contributed by atoms with E-state index in [-0.39, 0.29) is 30.0 Å². The minimum Gasteiger partial charge on any atom is -0.356 e. The van der Waals surface area contributed by atoms with E-state index in [0.717, 1.165) is 41.2 Å². The van der Waals surface area contributed by atoms with Crippen LogP contribution in [0, 0.1) is 6.92 Å². The van der Waals surface area contributed by atoms with Crippen molar-refractivity contribution in [2.45, 2.75) is 32.9 Å². The first-order valence-electron chi connectivity index (χ1n) is 9.72. The molecule has 1 aromatic heterocycles. The maximum atomic E-state index is 6.27. The molecule has 1 atom stereocenters.